The summed E-state index contributed by atoms with van der Waals surface area (Å²) in [5.41, 5.74) is 11.9. The van der Waals surface area contributed by atoms with Gasteiger partial charge in [0.15, 0.2) is 0 Å². The SMILES string of the molecule is NCC[C@@H](N)c1c(Br)ccc(Cl)c1O. The van der Waals surface area contributed by atoms with Gasteiger partial charge in [0.1, 0.15) is 5.75 Å². The average molecular weight is 280 g/mol. The van der Waals surface area contributed by atoms with Gasteiger partial charge in [0.2, 0.25) is 0 Å². The van der Waals surface area contributed by atoms with Crippen LogP contribution >= 0.6 is 27.5 Å². The number of phenols is 1. The molecule has 0 spiro atoms. The molecule has 5 heteroatoms. The molecule has 5 N–H and O–H groups in total. The van der Waals surface area contributed by atoms with E-state index in [9.17, 15) is 5.11 Å². The predicted molar refractivity (Wildman–Crippen MR) is 61.4 cm³/mol. The van der Waals surface area contributed by atoms with Gasteiger partial charge in [-0.05, 0) is 25.1 Å². The minimum Gasteiger partial charge on any atom is -0.506 e. The zero-order valence-corrected chi connectivity index (χ0v) is 9.85. The van der Waals surface area contributed by atoms with Gasteiger partial charge in [0, 0.05) is 16.1 Å². The van der Waals surface area contributed by atoms with Gasteiger partial charge >= 0.3 is 0 Å². The fraction of sp³-hybridized carbons (Fsp3) is 0.333. The van der Waals surface area contributed by atoms with Crippen LogP contribution in [-0.2, 0) is 0 Å². The van der Waals surface area contributed by atoms with Crippen LogP contribution in [0.1, 0.15) is 18.0 Å². The Morgan fingerprint density at radius 1 is 1.50 bits per heavy atom. The van der Waals surface area contributed by atoms with Crippen molar-refractivity contribution in [1.29, 1.82) is 0 Å². The van der Waals surface area contributed by atoms with Gasteiger partial charge in [-0.25, -0.2) is 0 Å². The number of phenolic OH excluding ortho intramolecular Hbond substituents is 1. The quantitative estimate of drug-likeness (QED) is 0.794. The molecule has 0 fully saturated rings. The highest BCUT2D eigenvalue weighted by atomic mass is 79.9. The van der Waals surface area contributed by atoms with Gasteiger partial charge < -0.3 is 16.6 Å². The monoisotopic (exact) mass is 278 g/mol. The molecule has 1 rings (SSSR count). The first-order valence-corrected chi connectivity index (χ1v) is 5.37. The molecule has 0 aliphatic rings. The Morgan fingerprint density at radius 3 is 2.71 bits per heavy atom. The third-order valence-electron chi connectivity index (χ3n) is 1.96. The average Bonchev–Trinajstić information content (AvgIpc) is 2.13. The molecule has 0 saturated carbocycles. The molecule has 0 radical (unpaired) electrons. The fourth-order valence-corrected chi connectivity index (χ4v) is 2.01. The van der Waals surface area contributed by atoms with Crippen molar-refractivity contribution < 1.29 is 5.11 Å². The van der Waals surface area contributed by atoms with E-state index in [1.54, 1.807) is 12.1 Å². The Hall–Kier alpha value is -0.290. The second-order valence-corrected chi connectivity index (χ2v) is 4.24. The van der Waals surface area contributed by atoms with Crippen molar-refractivity contribution in [2.24, 2.45) is 11.5 Å². The Balaban J connectivity index is 3.11. The van der Waals surface area contributed by atoms with Crippen molar-refractivity contribution in [3.63, 3.8) is 0 Å². The Morgan fingerprint density at radius 2 is 2.14 bits per heavy atom. The summed E-state index contributed by atoms with van der Waals surface area (Å²) in [6.45, 7) is 0.472. The first-order chi connectivity index (χ1) is 6.57. The molecule has 3 nitrogen and oxygen atoms in total. The van der Waals surface area contributed by atoms with E-state index >= 15 is 0 Å². The van der Waals surface area contributed by atoms with Gasteiger partial charge in [-0.15, -0.1) is 0 Å². The van der Waals surface area contributed by atoms with Gasteiger partial charge in [-0.1, -0.05) is 27.5 Å². The largest absolute Gasteiger partial charge is 0.506 e. The van der Waals surface area contributed by atoms with Crippen molar-refractivity contribution in [1.82, 2.24) is 0 Å². The lowest BCUT2D eigenvalue weighted by molar-refractivity contribution is 0.458. The van der Waals surface area contributed by atoms with Crippen molar-refractivity contribution in [3.8, 4) is 5.75 Å². The fourth-order valence-electron chi connectivity index (χ4n) is 1.23. The van der Waals surface area contributed by atoms with E-state index < -0.39 is 0 Å². The van der Waals surface area contributed by atoms with Crippen LogP contribution in [0.4, 0.5) is 0 Å². The van der Waals surface area contributed by atoms with E-state index in [2.05, 4.69) is 15.9 Å². The maximum atomic E-state index is 9.69. The topological polar surface area (TPSA) is 72.3 Å². The first-order valence-electron chi connectivity index (χ1n) is 4.20. The number of hydrogen-bond donors (Lipinski definition) is 3. The maximum absolute atomic E-state index is 9.69. The van der Waals surface area contributed by atoms with Crippen LogP contribution in [0.2, 0.25) is 5.02 Å². The molecule has 14 heavy (non-hydrogen) atoms. The number of rotatable bonds is 3. The molecule has 1 aromatic rings. The van der Waals surface area contributed by atoms with Gasteiger partial charge in [0.25, 0.3) is 0 Å². The summed E-state index contributed by atoms with van der Waals surface area (Å²) in [5, 5.41) is 9.99. The number of aromatic hydroxyl groups is 1. The summed E-state index contributed by atoms with van der Waals surface area (Å²) in [6.07, 6.45) is 0.604. The molecule has 0 unspecified atom stereocenters. The molecule has 78 valence electrons. The molecular formula is C9H12BrClN2O. The van der Waals surface area contributed by atoms with Crippen molar-refractivity contribution >= 4 is 27.5 Å². The third-order valence-corrected chi connectivity index (χ3v) is 2.96. The van der Waals surface area contributed by atoms with Gasteiger partial charge in [-0.3, -0.25) is 0 Å². The standard InChI is InChI=1S/C9H12BrClN2O/c10-5-1-2-6(11)9(14)8(5)7(13)3-4-12/h1-2,7,14H,3-4,12-13H2/t7-/m1/s1. The lowest BCUT2D eigenvalue weighted by Crippen LogP contribution is -2.16. The summed E-state index contributed by atoms with van der Waals surface area (Å²) >= 11 is 9.08. The van der Waals surface area contributed by atoms with E-state index in [0.29, 0.717) is 23.6 Å². The minimum absolute atomic E-state index is 0.0296. The molecule has 0 aromatic heterocycles. The van der Waals surface area contributed by atoms with Crippen LogP contribution in [0.25, 0.3) is 0 Å². The number of halogens is 2. The Kier molecular flexibility index (Phi) is 4.19. The molecule has 0 saturated heterocycles. The molecular weight excluding hydrogens is 267 g/mol. The number of benzene rings is 1. The highest BCUT2D eigenvalue weighted by Crippen LogP contribution is 2.37. The summed E-state index contributed by atoms with van der Waals surface area (Å²) in [5.74, 6) is 0.0296. The second-order valence-electron chi connectivity index (χ2n) is 2.98. The van der Waals surface area contributed by atoms with Crippen LogP contribution in [0.3, 0.4) is 0 Å². The van der Waals surface area contributed by atoms with Crippen LogP contribution < -0.4 is 11.5 Å². The highest BCUT2D eigenvalue weighted by molar-refractivity contribution is 9.10. The molecule has 1 atom stereocenters. The lowest BCUT2D eigenvalue weighted by Gasteiger charge is -2.15. The molecule has 0 aliphatic heterocycles. The van der Waals surface area contributed by atoms with Crippen molar-refractivity contribution in [3.05, 3.63) is 27.2 Å². The molecule has 1 aromatic carbocycles. The first kappa shape index (κ1) is 11.8. The summed E-state index contributed by atoms with van der Waals surface area (Å²) in [7, 11) is 0. The van der Waals surface area contributed by atoms with Crippen molar-refractivity contribution in [2.45, 2.75) is 12.5 Å². The predicted octanol–water partition coefficient (Wildman–Crippen LogP) is 2.16. The molecule has 0 heterocycles. The lowest BCUT2D eigenvalue weighted by atomic mass is 10.0. The highest BCUT2D eigenvalue weighted by Gasteiger charge is 2.16. The normalized spacial score (nSPS) is 12.9. The number of nitrogens with two attached hydrogens (primary N) is 2. The molecule has 0 bridgehead atoms. The molecule has 0 amide bonds. The minimum atomic E-state index is -0.298. The van der Waals surface area contributed by atoms with Gasteiger partial charge in [0.05, 0.1) is 5.02 Å². The van der Waals surface area contributed by atoms with Crippen LogP contribution in [0.15, 0.2) is 16.6 Å². The van der Waals surface area contributed by atoms with E-state index in [0.717, 1.165) is 4.47 Å². The van der Waals surface area contributed by atoms with Gasteiger partial charge in [-0.2, -0.15) is 0 Å². The third kappa shape index (κ3) is 2.39. The Bertz CT molecular complexity index is 333. The van der Waals surface area contributed by atoms with E-state index in [1.807, 2.05) is 0 Å². The van der Waals surface area contributed by atoms with Crippen LogP contribution in [0, 0.1) is 0 Å². The number of hydrogen-bond acceptors (Lipinski definition) is 3. The van der Waals surface area contributed by atoms with E-state index in [-0.39, 0.29) is 11.8 Å². The summed E-state index contributed by atoms with van der Waals surface area (Å²) in [6, 6.07) is 3.07. The van der Waals surface area contributed by atoms with Crippen LogP contribution in [-0.4, -0.2) is 11.7 Å². The van der Waals surface area contributed by atoms with Crippen LogP contribution in [0.5, 0.6) is 5.75 Å². The second kappa shape index (κ2) is 4.98. The summed E-state index contributed by atoms with van der Waals surface area (Å²) < 4.78 is 0.750. The van der Waals surface area contributed by atoms with Crippen molar-refractivity contribution in [2.75, 3.05) is 6.54 Å². The van der Waals surface area contributed by atoms with E-state index in [1.165, 1.54) is 0 Å². The Labute approximate surface area is 96.2 Å². The van der Waals surface area contributed by atoms with E-state index in [4.69, 9.17) is 23.1 Å². The maximum Gasteiger partial charge on any atom is 0.140 e. The smallest absolute Gasteiger partial charge is 0.140 e. The summed E-state index contributed by atoms with van der Waals surface area (Å²) in [4.78, 5) is 0. The zero-order chi connectivity index (χ0) is 10.7. The molecule has 0 aliphatic carbocycles. The zero-order valence-electron chi connectivity index (χ0n) is 7.50.